The van der Waals surface area contributed by atoms with Crippen LogP contribution in [0.3, 0.4) is 0 Å². The summed E-state index contributed by atoms with van der Waals surface area (Å²) in [5, 5.41) is 13.4. The largest absolute Gasteiger partial charge is 0.493 e. The molecular weight excluding hydrogens is 432 g/mol. The van der Waals surface area contributed by atoms with E-state index >= 15 is 0 Å². The molecule has 0 atom stereocenters. The summed E-state index contributed by atoms with van der Waals surface area (Å²) < 4.78 is 18.4. The van der Waals surface area contributed by atoms with Gasteiger partial charge in [0.2, 0.25) is 5.75 Å². The first-order valence-electron chi connectivity index (χ1n) is 11.2. The van der Waals surface area contributed by atoms with E-state index in [9.17, 15) is 9.90 Å². The molecule has 0 unspecified atom stereocenters. The van der Waals surface area contributed by atoms with Gasteiger partial charge in [0.1, 0.15) is 0 Å². The first-order chi connectivity index (χ1) is 16.2. The molecule has 0 aliphatic rings. The minimum Gasteiger partial charge on any atom is -0.493 e. The maximum absolute atomic E-state index is 12.2. The number of carbonyl (C=O) groups is 1. The molecule has 7 heteroatoms. The van der Waals surface area contributed by atoms with Crippen molar-refractivity contribution in [2.75, 3.05) is 21.3 Å². The van der Waals surface area contributed by atoms with E-state index in [1.54, 1.807) is 21.3 Å². The molecule has 0 aliphatic heterocycles. The Balaban J connectivity index is 1.87. The molecule has 0 aliphatic carbocycles. The standard InChI is InChI=1S/C27H34N2O5/c1-16-8-9-17(2)21(10-16)15-29-18(3)22(25(19(29)4)27(30)31)14-28-13-20-11-23(32-5)26(34-7)24(12-20)33-6/h8-12,28H,13-15H2,1-7H3,(H,30,31). The van der Waals surface area contributed by atoms with Gasteiger partial charge < -0.3 is 29.2 Å². The van der Waals surface area contributed by atoms with Crippen molar-refractivity contribution in [3.8, 4) is 17.2 Å². The van der Waals surface area contributed by atoms with Crippen LogP contribution in [0.2, 0.25) is 0 Å². The number of methoxy groups -OCH3 is 3. The minimum absolute atomic E-state index is 0.361. The molecule has 0 bridgehead atoms. The lowest BCUT2D eigenvalue weighted by Crippen LogP contribution is -2.16. The number of nitrogens with one attached hydrogen (secondary N) is 1. The third-order valence-electron chi connectivity index (χ3n) is 6.31. The van der Waals surface area contributed by atoms with E-state index in [0.29, 0.717) is 42.4 Å². The fourth-order valence-electron chi connectivity index (χ4n) is 4.40. The molecule has 0 radical (unpaired) electrons. The number of aromatic carboxylic acids is 1. The summed E-state index contributed by atoms with van der Waals surface area (Å²) >= 11 is 0. The smallest absolute Gasteiger partial charge is 0.337 e. The molecule has 0 saturated carbocycles. The highest BCUT2D eigenvalue weighted by atomic mass is 16.5. The molecule has 1 heterocycles. The molecule has 0 saturated heterocycles. The SMILES string of the molecule is COc1cc(CNCc2c(C(=O)O)c(C)n(Cc3cc(C)ccc3C)c2C)cc(OC)c1OC. The predicted octanol–water partition coefficient (Wildman–Crippen LogP) is 4.78. The molecule has 2 N–H and O–H groups in total. The van der Waals surface area contributed by atoms with E-state index in [1.807, 2.05) is 26.0 Å². The Morgan fingerprint density at radius 1 is 0.912 bits per heavy atom. The molecule has 0 spiro atoms. The van der Waals surface area contributed by atoms with Crippen molar-refractivity contribution in [2.45, 2.75) is 47.3 Å². The summed E-state index contributed by atoms with van der Waals surface area (Å²) in [7, 11) is 4.73. The van der Waals surface area contributed by atoms with Gasteiger partial charge in [-0.3, -0.25) is 0 Å². The second-order valence-electron chi connectivity index (χ2n) is 8.48. The molecule has 0 amide bonds. The molecule has 2 aromatic carbocycles. The van der Waals surface area contributed by atoms with Gasteiger partial charge in [0.05, 0.1) is 26.9 Å². The molecule has 1 aromatic heterocycles. The summed E-state index contributed by atoms with van der Waals surface area (Å²) in [6, 6.07) is 10.1. The van der Waals surface area contributed by atoms with Crippen LogP contribution in [0.1, 0.15) is 49.6 Å². The Hall–Kier alpha value is -3.45. The van der Waals surface area contributed by atoms with E-state index in [1.165, 1.54) is 16.7 Å². The first-order valence-corrected chi connectivity index (χ1v) is 11.2. The fraction of sp³-hybridized carbons (Fsp3) is 0.370. The predicted molar refractivity (Wildman–Crippen MR) is 133 cm³/mol. The van der Waals surface area contributed by atoms with Crippen molar-refractivity contribution in [3.63, 3.8) is 0 Å². The zero-order chi connectivity index (χ0) is 25.0. The quantitative estimate of drug-likeness (QED) is 0.447. The Morgan fingerprint density at radius 3 is 2.12 bits per heavy atom. The zero-order valence-corrected chi connectivity index (χ0v) is 21.0. The van der Waals surface area contributed by atoms with Gasteiger partial charge in [0.15, 0.2) is 11.5 Å². The van der Waals surface area contributed by atoms with Crippen LogP contribution in [0.5, 0.6) is 17.2 Å². The molecule has 34 heavy (non-hydrogen) atoms. The van der Waals surface area contributed by atoms with Crippen LogP contribution in [0, 0.1) is 27.7 Å². The second kappa shape index (κ2) is 10.7. The van der Waals surface area contributed by atoms with Crippen molar-refractivity contribution in [1.29, 1.82) is 0 Å². The molecule has 0 fully saturated rings. The summed E-state index contributed by atoms with van der Waals surface area (Å²) in [6.45, 7) is 9.59. The van der Waals surface area contributed by atoms with Crippen molar-refractivity contribution >= 4 is 5.97 Å². The highest BCUT2D eigenvalue weighted by molar-refractivity contribution is 5.91. The number of nitrogens with zero attached hydrogens (tertiary/aromatic N) is 1. The lowest BCUT2D eigenvalue weighted by atomic mass is 10.1. The average molecular weight is 467 g/mol. The Labute approximate surface area is 201 Å². The molecule has 7 nitrogen and oxygen atoms in total. The summed E-state index contributed by atoms with van der Waals surface area (Å²) in [5.41, 5.74) is 7.38. The minimum atomic E-state index is -0.912. The number of aromatic nitrogens is 1. The second-order valence-corrected chi connectivity index (χ2v) is 8.48. The van der Waals surface area contributed by atoms with Gasteiger partial charge >= 0.3 is 5.97 Å². The third kappa shape index (κ3) is 5.04. The molecule has 3 aromatic rings. The normalized spacial score (nSPS) is 10.9. The van der Waals surface area contributed by atoms with Gasteiger partial charge in [-0.05, 0) is 56.5 Å². The van der Waals surface area contributed by atoms with Crippen LogP contribution in [0.4, 0.5) is 0 Å². The van der Waals surface area contributed by atoms with E-state index in [4.69, 9.17) is 14.2 Å². The van der Waals surface area contributed by atoms with Gasteiger partial charge in [0, 0.05) is 36.6 Å². The number of hydrogen-bond donors (Lipinski definition) is 2. The van der Waals surface area contributed by atoms with E-state index in [0.717, 1.165) is 22.5 Å². The zero-order valence-electron chi connectivity index (χ0n) is 21.0. The van der Waals surface area contributed by atoms with Gasteiger partial charge in [-0.25, -0.2) is 4.79 Å². The summed E-state index contributed by atoms with van der Waals surface area (Å²) in [4.78, 5) is 12.2. The van der Waals surface area contributed by atoms with Gasteiger partial charge in [-0.2, -0.15) is 0 Å². The Kier molecular flexibility index (Phi) is 7.89. The van der Waals surface area contributed by atoms with Gasteiger partial charge in [-0.1, -0.05) is 23.8 Å². The van der Waals surface area contributed by atoms with E-state index < -0.39 is 5.97 Å². The number of ether oxygens (including phenoxy) is 3. The molecular formula is C27H34N2O5. The number of aryl methyl sites for hydroxylation is 2. The number of rotatable bonds is 10. The fourth-order valence-corrected chi connectivity index (χ4v) is 4.40. The van der Waals surface area contributed by atoms with Crippen LogP contribution in [-0.2, 0) is 19.6 Å². The van der Waals surface area contributed by atoms with Gasteiger partial charge in [0.25, 0.3) is 0 Å². The van der Waals surface area contributed by atoms with Crippen LogP contribution < -0.4 is 19.5 Å². The van der Waals surface area contributed by atoms with Crippen LogP contribution in [0.15, 0.2) is 30.3 Å². The van der Waals surface area contributed by atoms with Crippen LogP contribution in [0.25, 0.3) is 0 Å². The maximum atomic E-state index is 12.2. The Morgan fingerprint density at radius 2 is 1.56 bits per heavy atom. The highest BCUT2D eigenvalue weighted by Crippen LogP contribution is 2.38. The first kappa shape index (κ1) is 25.2. The van der Waals surface area contributed by atoms with E-state index in [2.05, 4.69) is 41.9 Å². The number of carboxylic acids is 1. The lowest BCUT2D eigenvalue weighted by molar-refractivity contribution is 0.0694. The van der Waals surface area contributed by atoms with Crippen molar-refractivity contribution in [1.82, 2.24) is 9.88 Å². The molecule has 3 rings (SSSR count). The third-order valence-corrected chi connectivity index (χ3v) is 6.31. The monoisotopic (exact) mass is 466 g/mol. The number of carboxylic acid groups (broad SMARTS) is 1. The van der Waals surface area contributed by atoms with Crippen molar-refractivity contribution in [3.05, 3.63) is 75.1 Å². The van der Waals surface area contributed by atoms with Crippen LogP contribution >= 0.6 is 0 Å². The van der Waals surface area contributed by atoms with Crippen molar-refractivity contribution < 1.29 is 24.1 Å². The lowest BCUT2D eigenvalue weighted by Gasteiger charge is -2.15. The average Bonchev–Trinajstić information content (AvgIpc) is 3.04. The van der Waals surface area contributed by atoms with Gasteiger partial charge in [-0.15, -0.1) is 0 Å². The summed E-state index contributed by atoms with van der Waals surface area (Å²) in [5.74, 6) is 0.787. The summed E-state index contributed by atoms with van der Waals surface area (Å²) in [6.07, 6.45) is 0. The maximum Gasteiger partial charge on any atom is 0.337 e. The number of hydrogen-bond acceptors (Lipinski definition) is 5. The highest BCUT2D eigenvalue weighted by Gasteiger charge is 2.23. The number of benzene rings is 2. The molecule has 182 valence electrons. The Bertz CT molecular complexity index is 1170. The topological polar surface area (TPSA) is 82.0 Å². The van der Waals surface area contributed by atoms with E-state index in [-0.39, 0.29) is 0 Å². The van der Waals surface area contributed by atoms with Crippen molar-refractivity contribution in [2.24, 2.45) is 0 Å². The van der Waals surface area contributed by atoms with Crippen LogP contribution in [-0.4, -0.2) is 37.0 Å².